The minimum atomic E-state index is 0.202. The van der Waals surface area contributed by atoms with Gasteiger partial charge in [-0.25, -0.2) is 0 Å². The Balaban J connectivity index is 1.73. The van der Waals surface area contributed by atoms with Gasteiger partial charge in [-0.15, -0.1) is 0 Å². The molecule has 0 heterocycles. The molecule has 1 aliphatic carbocycles. The van der Waals surface area contributed by atoms with Crippen LogP contribution in [0.1, 0.15) is 51.2 Å². The third-order valence-electron chi connectivity index (χ3n) is 4.58. The van der Waals surface area contributed by atoms with Crippen molar-refractivity contribution in [1.29, 1.82) is 0 Å². The van der Waals surface area contributed by atoms with Gasteiger partial charge in [0.05, 0.1) is 0 Å². The summed E-state index contributed by atoms with van der Waals surface area (Å²) in [4.78, 5) is 0. The summed E-state index contributed by atoms with van der Waals surface area (Å²) < 4.78 is 0. The molecule has 1 N–H and O–H groups in total. The average Bonchev–Trinajstić information content (AvgIpc) is 2.81. The van der Waals surface area contributed by atoms with Crippen LogP contribution >= 0.6 is 0 Å². The summed E-state index contributed by atoms with van der Waals surface area (Å²) in [5, 5.41) is 3.59. The minimum Gasteiger partial charge on any atom is -0.359 e. The van der Waals surface area contributed by atoms with Crippen molar-refractivity contribution in [3.63, 3.8) is 0 Å². The van der Waals surface area contributed by atoms with E-state index in [-0.39, 0.29) is 5.41 Å². The van der Waals surface area contributed by atoms with Crippen LogP contribution in [0.5, 0.6) is 0 Å². The molecule has 124 valence electrons. The number of rotatable bonds is 3. The molecule has 2 aromatic rings. The number of nitrogens with one attached hydrogen (secondary N) is 1. The number of hydrogen-bond acceptors (Lipinski definition) is 1. The summed E-state index contributed by atoms with van der Waals surface area (Å²) in [5.41, 5.74) is 6.80. The Morgan fingerprint density at radius 1 is 0.792 bits per heavy atom. The second kappa shape index (κ2) is 7.09. The van der Waals surface area contributed by atoms with Crippen LogP contribution < -0.4 is 5.32 Å². The standard InChI is InChI=1S/C23H27N/c1-23(2,3)20-13-16-22(17-14-20)24-21-11-7-10-19(12-15-21)18-8-5-4-6-9-18/h4-6,8-9,12-17,24H,7,10-11H2,1-3H3. The van der Waals surface area contributed by atoms with Gasteiger partial charge in [0, 0.05) is 11.4 Å². The molecule has 2 aromatic carbocycles. The van der Waals surface area contributed by atoms with Crippen molar-refractivity contribution in [3.8, 4) is 0 Å². The molecule has 0 atom stereocenters. The average molecular weight is 317 g/mol. The molecule has 0 aliphatic heterocycles. The van der Waals surface area contributed by atoms with Gasteiger partial charge < -0.3 is 5.32 Å². The number of allylic oxidation sites excluding steroid dienone is 4. The van der Waals surface area contributed by atoms with Gasteiger partial charge in [0.1, 0.15) is 0 Å². The molecule has 0 unspecified atom stereocenters. The number of anilines is 1. The van der Waals surface area contributed by atoms with Gasteiger partial charge in [0.2, 0.25) is 0 Å². The molecule has 0 saturated carbocycles. The molecular formula is C23H27N. The first kappa shape index (κ1) is 16.6. The maximum Gasteiger partial charge on any atom is 0.0381 e. The van der Waals surface area contributed by atoms with Crippen molar-refractivity contribution in [2.24, 2.45) is 0 Å². The van der Waals surface area contributed by atoms with E-state index in [1.165, 1.54) is 34.5 Å². The second-order valence-electron chi connectivity index (χ2n) is 7.56. The summed E-state index contributed by atoms with van der Waals surface area (Å²) in [6.45, 7) is 6.75. The lowest BCUT2D eigenvalue weighted by molar-refractivity contribution is 0.590. The van der Waals surface area contributed by atoms with Crippen LogP contribution in [-0.4, -0.2) is 0 Å². The summed E-state index contributed by atoms with van der Waals surface area (Å²) in [5.74, 6) is 0. The molecule has 0 amide bonds. The topological polar surface area (TPSA) is 12.0 Å². The van der Waals surface area contributed by atoms with Crippen molar-refractivity contribution in [3.05, 3.63) is 83.6 Å². The Morgan fingerprint density at radius 3 is 2.17 bits per heavy atom. The van der Waals surface area contributed by atoms with Crippen LogP contribution in [0.2, 0.25) is 0 Å². The molecule has 0 bridgehead atoms. The highest BCUT2D eigenvalue weighted by Crippen LogP contribution is 2.27. The van der Waals surface area contributed by atoms with Gasteiger partial charge >= 0.3 is 0 Å². The normalized spacial score (nSPS) is 15.3. The highest BCUT2D eigenvalue weighted by Gasteiger charge is 2.13. The summed E-state index contributed by atoms with van der Waals surface area (Å²) in [6, 6.07) is 19.5. The summed E-state index contributed by atoms with van der Waals surface area (Å²) in [6.07, 6.45) is 7.92. The zero-order valence-electron chi connectivity index (χ0n) is 15.0. The van der Waals surface area contributed by atoms with Crippen LogP contribution in [0, 0.1) is 0 Å². The zero-order valence-corrected chi connectivity index (χ0v) is 15.0. The molecule has 0 aromatic heterocycles. The quantitative estimate of drug-likeness (QED) is 0.677. The zero-order chi connectivity index (χ0) is 17.0. The molecule has 1 aliphatic rings. The number of hydrogen-bond donors (Lipinski definition) is 1. The Hall–Kier alpha value is -2.28. The molecule has 1 nitrogen and oxygen atoms in total. The fourth-order valence-electron chi connectivity index (χ4n) is 3.07. The Bertz CT molecular complexity index is 728. The first-order chi connectivity index (χ1) is 11.5. The maximum absolute atomic E-state index is 3.59. The van der Waals surface area contributed by atoms with Crippen molar-refractivity contribution < 1.29 is 0 Å². The molecule has 0 spiro atoms. The van der Waals surface area contributed by atoms with Crippen LogP contribution in [0.15, 0.2) is 72.4 Å². The molecule has 0 radical (unpaired) electrons. The van der Waals surface area contributed by atoms with Gasteiger partial charge in [-0.3, -0.25) is 0 Å². The molecule has 1 heteroatoms. The molecule has 24 heavy (non-hydrogen) atoms. The predicted octanol–water partition coefficient (Wildman–Crippen LogP) is 6.55. The van der Waals surface area contributed by atoms with Crippen LogP contribution in [-0.2, 0) is 5.41 Å². The fraction of sp³-hybridized carbons (Fsp3) is 0.304. The highest BCUT2D eigenvalue weighted by molar-refractivity contribution is 5.68. The summed E-state index contributed by atoms with van der Waals surface area (Å²) in [7, 11) is 0. The monoisotopic (exact) mass is 317 g/mol. The van der Waals surface area contributed by atoms with Gasteiger partial charge in [-0.2, -0.15) is 0 Å². The largest absolute Gasteiger partial charge is 0.359 e. The van der Waals surface area contributed by atoms with E-state index in [0.29, 0.717) is 0 Å². The van der Waals surface area contributed by atoms with Gasteiger partial charge in [-0.1, -0.05) is 69.3 Å². The van der Waals surface area contributed by atoms with Crippen molar-refractivity contribution in [2.45, 2.75) is 45.4 Å². The van der Waals surface area contributed by atoms with E-state index in [1.54, 1.807) is 0 Å². The third-order valence-corrected chi connectivity index (χ3v) is 4.58. The van der Waals surface area contributed by atoms with E-state index in [9.17, 15) is 0 Å². The lowest BCUT2D eigenvalue weighted by Crippen LogP contribution is -2.10. The van der Waals surface area contributed by atoms with Crippen molar-refractivity contribution >= 4 is 11.3 Å². The maximum atomic E-state index is 3.59. The Labute approximate surface area is 146 Å². The van der Waals surface area contributed by atoms with E-state index >= 15 is 0 Å². The molecular weight excluding hydrogens is 290 g/mol. The fourth-order valence-corrected chi connectivity index (χ4v) is 3.07. The minimum absolute atomic E-state index is 0.202. The Morgan fingerprint density at radius 2 is 1.50 bits per heavy atom. The van der Waals surface area contributed by atoms with E-state index in [0.717, 1.165) is 12.8 Å². The van der Waals surface area contributed by atoms with Crippen LogP contribution in [0.25, 0.3) is 5.57 Å². The van der Waals surface area contributed by atoms with Gasteiger partial charge in [-0.05, 0) is 59.6 Å². The SMILES string of the molecule is CC(C)(C)c1ccc(NC2=CC=C(c3ccccc3)CCC2)cc1. The van der Waals surface area contributed by atoms with Gasteiger partial charge in [0.15, 0.2) is 0 Å². The van der Waals surface area contributed by atoms with Crippen molar-refractivity contribution in [1.82, 2.24) is 0 Å². The van der Waals surface area contributed by atoms with Crippen molar-refractivity contribution in [2.75, 3.05) is 5.32 Å². The first-order valence-corrected chi connectivity index (χ1v) is 8.85. The molecule has 3 rings (SSSR count). The van der Waals surface area contributed by atoms with E-state index in [1.807, 2.05) is 0 Å². The molecule has 0 fully saturated rings. The Kier molecular flexibility index (Phi) is 4.89. The van der Waals surface area contributed by atoms with E-state index in [4.69, 9.17) is 0 Å². The lowest BCUT2D eigenvalue weighted by Gasteiger charge is -2.19. The molecule has 0 saturated heterocycles. The lowest BCUT2D eigenvalue weighted by atomic mass is 9.87. The van der Waals surface area contributed by atoms with E-state index in [2.05, 4.69) is 92.8 Å². The highest BCUT2D eigenvalue weighted by atomic mass is 14.9. The smallest absolute Gasteiger partial charge is 0.0381 e. The van der Waals surface area contributed by atoms with E-state index < -0.39 is 0 Å². The predicted molar refractivity (Wildman–Crippen MR) is 105 cm³/mol. The van der Waals surface area contributed by atoms with Crippen LogP contribution in [0.4, 0.5) is 5.69 Å². The first-order valence-electron chi connectivity index (χ1n) is 8.85. The van der Waals surface area contributed by atoms with Crippen LogP contribution in [0.3, 0.4) is 0 Å². The number of benzene rings is 2. The van der Waals surface area contributed by atoms with Gasteiger partial charge in [0.25, 0.3) is 0 Å². The third kappa shape index (κ3) is 4.17. The summed E-state index contributed by atoms with van der Waals surface area (Å²) >= 11 is 0. The second-order valence-corrected chi connectivity index (χ2v) is 7.56.